The molecule has 0 aliphatic carbocycles. The maximum absolute atomic E-state index is 11.0. The molecule has 0 saturated heterocycles. The third kappa shape index (κ3) is 1.36. The Morgan fingerprint density at radius 3 is 2.67 bits per heavy atom. The summed E-state index contributed by atoms with van der Waals surface area (Å²) in [7, 11) is 0. The molecular weight excluding hydrogens is 194 g/mol. The van der Waals surface area contributed by atoms with Gasteiger partial charge in [0.25, 0.3) is 0 Å². The Morgan fingerprint density at radius 2 is 2.07 bits per heavy atom. The van der Waals surface area contributed by atoms with E-state index in [1.807, 2.05) is 13.8 Å². The molecule has 0 radical (unpaired) electrons. The van der Waals surface area contributed by atoms with Gasteiger partial charge in [0.2, 0.25) is 0 Å². The molecule has 2 aromatic rings. The maximum atomic E-state index is 11.0. The second-order valence-corrected chi connectivity index (χ2v) is 3.53. The van der Waals surface area contributed by atoms with Gasteiger partial charge in [0, 0.05) is 11.3 Å². The number of hydrogen-bond donors (Lipinski definition) is 1. The van der Waals surface area contributed by atoms with Crippen molar-refractivity contribution in [1.82, 2.24) is 14.6 Å². The summed E-state index contributed by atoms with van der Waals surface area (Å²) >= 11 is 0. The van der Waals surface area contributed by atoms with E-state index in [1.165, 1.54) is 10.6 Å². The zero-order valence-corrected chi connectivity index (χ0v) is 8.77. The Hall–Kier alpha value is -1.91. The minimum Gasteiger partial charge on any atom is -0.477 e. The van der Waals surface area contributed by atoms with Gasteiger partial charge in [-0.3, -0.25) is 0 Å². The number of carboxylic acid groups (broad SMARTS) is 1. The highest BCUT2D eigenvalue weighted by molar-refractivity contribution is 5.86. The molecule has 1 N–H and O–H groups in total. The summed E-state index contributed by atoms with van der Waals surface area (Å²) < 4.78 is 1.37. The van der Waals surface area contributed by atoms with Crippen molar-refractivity contribution in [2.24, 2.45) is 0 Å². The van der Waals surface area contributed by atoms with E-state index in [0.717, 1.165) is 11.3 Å². The summed E-state index contributed by atoms with van der Waals surface area (Å²) in [6.07, 6.45) is 0. The van der Waals surface area contributed by atoms with Crippen LogP contribution >= 0.6 is 0 Å². The number of hydrogen-bond acceptors (Lipinski definition) is 3. The molecule has 15 heavy (non-hydrogen) atoms. The molecule has 0 aliphatic heterocycles. The number of carboxylic acids is 1. The smallest absolute Gasteiger partial charge is 0.354 e. The average Bonchev–Trinajstić information content (AvgIpc) is 2.43. The summed E-state index contributed by atoms with van der Waals surface area (Å²) in [4.78, 5) is 15.3. The van der Waals surface area contributed by atoms with E-state index >= 15 is 0 Å². The summed E-state index contributed by atoms with van der Waals surface area (Å²) in [5.41, 5.74) is 3.17. The number of aromatic carboxylic acids is 1. The van der Waals surface area contributed by atoms with Crippen LogP contribution < -0.4 is 0 Å². The number of aryl methyl sites for hydroxylation is 3. The van der Waals surface area contributed by atoms with E-state index in [-0.39, 0.29) is 5.69 Å². The molecule has 0 aliphatic rings. The lowest BCUT2D eigenvalue weighted by molar-refractivity contribution is 0.0687. The highest BCUT2D eigenvalue weighted by atomic mass is 16.4. The van der Waals surface area contributed by atoms with Crippen molar-refractivity contribution in [1.29, 1.82) is 0 Å². The van der Waals surface area contributed by atoms with Crippen LogP contribution in [0.2, 0.25) is 0 Å². The fourth-order valence-electron chi connectivity index (χ4n) is 1.50. The van der Waals surface area contributed by atoms with Crippen LogP contribution in [0.3, 0.4) is 0 Å². The van der Waals surface area contributed by atoms with Gasteiger partial charge in [-0.15, -0.1) is 0 Å². The molecule has 0 spiro atoms. The molecule has 0 unspecified atom stereocenters. The quantitative estimate of drug-likeness (QED) is 0.763. The van der Waals surface area contributed by atoms with E-state index < -0.39 is 5.97 Å². The van der Waals surface area contributed by atoms with Crippen molar-refractivity contribution >= 4 is 11.6 Å². The van der Waals surface area contributed by atoms with Gasteiger partial charge in [0.1, 0.15) is 0 Å². The van der Waals surface area contributed by atoms with Crippen LogP contribution in [0.25, 0.3) is 5.65 Å². The molecule has 5 heteroatoms. The first-order valence-corrected chi connectivity index (χ1v) is 4.57. The lowest BCUT2D eigenvalue weighted by Gasteiger charge is -2.01. The molecule has 0 saturated carbocycles. The number of aromatic nitrogens is 3. The van der Waals surface area contributed by atoms with Crippen molar-refractivity contribution in [3.63, 3.8) is 0 Å². The molecule has 0 amide bonds. The zero-order chi connectivity index (χ0) is 11.2. The molecule has 0 aromatic carbocycles. The fraction of sp³-hybridized carbons (Fsp3) is 0.300. The SMILES string of the molecule is Cc1cc(C(=O)O)n2nc(C)c(C)c2n1. The van der Waals surface area contributed by atoms with Crippen LogP contribution in [0.4, 0.5) is 0 Å². The third-order valence-electron chi connectivity index (χ3n) is 2.40. The number of carbonyl (C=O) groups is 1. The van der Waals surface area contributed by atoms with Crippen LogP contribution in [0, 0.1) is 20.8 Å². The van der Waals surface area contributed by atoms with Crippen molar-refractivity contribution in [2.75, 3.05) is 0 Å². The van der Waals surface area contributed by atoms with Crippen molar-refractivity contribution in [2.45, 2.75) is 20.8 Å². The second kappa shape index (κ2) is 3.05. The predicted molar refractivity (Wildman–Crippen MR) is 54.2 cm³/mol. The van der Waals surface area contributed by atoms with Crippen LogP contribution in [0.1, 0.15) is 27.4 Å². The summed E-state index contributed by atoms with van der Waals surface area (Å²) in [6.45, 7) is 5.49. The second-order valence-electron chi connectivity index (χ2n) is 3.53. The molecular formula is C10H11N3O2. The topological polar surface area (TPSA) is 67.5 Å². The fourth-order valence-corrected chi connectivity index (χ4v) is 1.50. The highest BCUT2D eigenvalue weighted by Gasteiger charge is 2.14. The normalized spacial score (nSPS) is 10.9. The van der Waals surface area contributed by atoms with E-state index in [1.54, 1.807) is 6.92 Å². The van der Waals surface area contributed by atoms with Crippen molar-refractivity contribution in [3.8, 4) is 0 Å². The minimum absolute atomic E-state index is 0.147. The summed E-state index contributed by atoms with van der Waals surface area (Å²) in [5.74, 6) is -0.993. The molecule has 2 rings (SSSR count). The van der Waals surface area contributed by atoms with Gasteiger partial charge in [-0.25, -0.2) is 14.3 Å². The Bertz CT molecular complexity index is 557. The minimum atomic E-state index is -0.993. The number of rotatable bonds is 1. The lowest BCUT2D eigenvalue weighted by Crippen LogP contribution is -2.08. The Kier molecular flexibility index (Phi) is 1.96. The molecule has 0 fully saturated rings. The Morgan fingerprint density at radius 1 is 1.40 bits per heavy atom. The van der Waals surface area contributed by atoms with Gasteiger partial charge in [0.05, 0.1) is 5.69 Å². The molecule has 2 aromatic heterocycles. The highest BCUT2D eigenvalue weighted by Crippen LogP contribution is 2.14. The monoisotopic (exact) mass is 205 g/mol. The van der Waals surface area contributed by atoms with E-state index in [2.05, 4.69) is 10.1 Å². The molecule has 2 heterocycles. The molecule has 5 nitrogen and oxygen atoms in total. The largest absolute Gasteiger partial charge is 0.477 e. The standard InChI is InChI=1S/C10H11N3O2/c1-5-4-8(10(14)15)13-9(11-5)6(2)7(3)12-13/h4H,1-3H3,(H,14,15). The van der Waals surface area contributed by atoms with Gasteiger partial charge in [0.15, 0.2) is 11.3 Å². The van der Waals surface area contributed by atoms with Crippen LogP contribution in [-0.2, 0) is 0 Å². The summed E-state index contributed by atoms with van der Waals surface area (Å²) in [5, 5.41) is 13.2. The number of nitrogens with zero attached hydrogens (tertiary/aromatic N) is 3. The average molecular weight is 205 g/mol. The van der Waals surface area contributed by atoms with Crippen LogP contribution in [0.5, 0.6) is 0 Å². The van der Waals surface area contributed by atoms with E-state index in [9.17, 15) is 4.79 Å². The van der Waals surface area contributed by atoms with Crippen LogP contribution in [-0.4, -0.2) is 25.7 Å². The molecule has 78 valence electrons. The number of fused-ring (bicyclic) bond motifs is 1. The van der Waals surface area contributed by atoms with Gasteiger partial charge >= 0.3 is 5.97 Å². The Balaban J connectivity index is 2.92. The van der Waals surface area contributed by atoms with Gasteiger partial charge in [-0.1, -0.05) is 0 Å². The first-order chi connectivity index (χ1) is 7.00. The lowest BCUT2D eigenvalue weighted by atomic mass is 10.2. The van der Waals surface area contributed by atoms with Gasteiger partial charge in [-0.2, -0.15) is 5.10 Å². The summed E-state index contributed by atoms with van der Waals surface area (Å²) in [6, 6.07) is 1.52. The van der Waals surface area contributed by atoms with Gasteiger partial charge in [-0.05, 0) is 26.8 Å². The first-order valence-electron chi connectivity index (χ1n) is 4.57. The van der Waals surface area contributed by atoms with Crippen molar-refractivity contribution in [3.05, 3.63) is 28.7 Å². The molecule has 0 atom stereocenters. The van der Waals surface area contributed by atoms with Crippen LogP contribution in [0.15, 0.2) is 6.07 Å². The first kappa shape index (κ1) is 9.64. The predicted octanol–water partition coefficient (Wildman–Crippen LogP) is 1.35. The third-order valence-corrected chi connectivity index (χ3v) is 2.40. The van der Waals surface area contributed by atoms with Crippen molar-refractivity contribution < 1.29 is 9.90 Å². The van der Waals surface area contributed by atoms with Gasteiger partial charge < -0.3 is 5.11 Å². The van der Waals surface area contributed by atoms with E-state index in [4.69, 9.17) is 5.11 Å². The Labute approximate surface area is 86.4 Å². The molecule has 0 bridgehead atoms. The maximum Gasteiger partial charge on any atom is 0.354 e. The van der Waals surface area contributed by atoms with E-state index in [0.29, 0.717) is 11.3 Å². The zero-order valence-electron chi connectivity index (χ0n) is 8.77.